The minimum atomic E-state index is -0.732. The van der Waals surface area contributed by atoms with Crippen LogP contribution in [0.2, 0.25) is 0 Å². The van der Waals surface area contributed by atoms with Crippen LogP contribution < -0.4 is 10.6 Å². The van der Waals surface area contributed by atoms with E-state index in [1.165, 1.54) is 16.5 Å². The third-order valence-electron chi connectivity index (χ3n) is 13.6. The van der Waals surface area contributed by atoms with Crippen molar-refractivity contribution in [2.45, 2.75) is 76.9 Å². The van der Waals surface area contributed by atoms with E-state index in [9.17, 15) is 23.9 Å². The highest BCUT2D eigenvalue weighted by atomic mass is 19.1. The van der Waals surface area contributed by atoms with Gasteiger partial charge in [0.15, 0.2) is 0 Å². The highest BCUT2D eigenvalue weighted by Crippen LogP contribution is 2.38. The monoisotopic (exact) mass is 895 g/mol. The first kappa shape index (κ1) is 44.8. The van der Waals surface area contributed by atoms with Gasteiger partial charge in [-0.2, -0.15) is 0 Å². The molecule has 16 heteroatoms. The average molecular weight is 896 g/mol. The van der Waals surface area contributed by atoms with Gasteiger partial charge in [0.2, 0.25) is 11.8 Å². The topological polar surface area (TPSA) is 175 Å². The van der Waals surface area contributed by atoms with E-state index in [0.29, 0.717) is 30.2 Å². The Morgan fingerprint density at radius 3 is 2.42 bits per heavy atom. The number of rotatable bonds is 15. The number of imide groups is 1. The molecule has 15 nitrogen and oxygen atoms in total. The van der Waals surface area contributed by atoms with E-state index >= 15 is 0 Å². The number of amides is 3. The molecule has 1 unspecified atom stereocenters. The number of fused-ring (bicyclic) bond motifs is 1. The number of allylic oxidation sites excluding steroid dienone is 2. The molecule has 344 valence electrons. The zero-order valence-corrected chi connectivity index (χ0v) is 37.5. The number of carbonyl (C=O) groups excluding carboxylic acids is 3. The second-order valence-electron chi connectivity index (χ2n) is 18.0. The Kier molecular flexibility index (Phi) is 13.6. The number of aryl methyl sites for hydroxylation is 2. The Labute approximate surface area is 384 Å². The number of hydrogen-bond donors (Lipinski definition) is 4. The van der Waals surface area contributed by atoms with Crippen molar-refractivity contribution in [3.8, 4) is 0 Å². The molecule has 0 bridgehead atoms. The summed E-state index contributed by atoms with van der Waals surface area (Å²) in [6.07, 6.45) is 8.81. The van der Waals surface area contributed by atoms with Crippen LogP contribution in [0.5, 0.6) is 0 Å². The van der Waals surface area contributed by atoms with Crippen LogP contribution in [0.25, 0.3) is 5.57 Å². The van der Waals surface area contributed by atoms with Gasteiger partial charge in [-0.25, -0.2) is 9.38 Å². The van der Waals surface area contributed by atoms with Crippen LogP contribution in [0.3, 0.4) is 0 Å². The van der Waals surface area contributed by atoms with Gasteiger partial charge in [0.25, 0.3) is 5.91 Å². The molecule has 1 atom stereocenters. The zero-order chi connectivity index (χ0) is 45.7. The normalized spacial score (nSPS) is 20.5. The quantitative estimate of drug-likeness (QED) is 0.0984. The molecular weight excluding hydrogens is 838 g/mol. The van der Waals surface area contributed by atoms with Gasteiger partial charge in [-0.15, -0.1) is 5.10 Å². The molecule has 9 rings (SSSR count). The number of halogens is 1. The third-order valence-corrected chi connectivity index (χ3v) is 13.6. The van der Waals surface area contributed by atoms with Crippen LogP contribution >= 0.6 is 0 Å². The maximum atomic E-state index is 14.9. The molecule has 5 aliphatic rings. The summed E-state index contributed by atoms with van der Waals surface area (Å²) in [7, 11) is 0. The Morgan fingerprint density at radius 2 is 1.67 bits per heavy atom. The number of likely N-dealkylation sites (tertiary alicyclic amines) is 1. The minimum absolute atomic E-state index is 0.101. The number of piperazine rings is 1. The van der Waals surface area contributed by atoms with Crippen molar-refractivity contribution in [3.05, 3.63) is 136 Å². The van der Waals surface area contributed by atoms with Crippen LogP contribution in [0, 0.1) is 11.2 Å². The van der Waals surface area contributed by atoms with Gasteiger partial charge in [-0.05, 0) is 105 Å². The van der Waals surface area contributed by atoms with Crippen molar-refractivity contribution < 1.29 is 23.9 Å². The van der Waals surface area contributed by atoms with Crippen molar-refractivity contribution >= 4 is 34.7 Å². The van der Waals surface area contributed by atoms with Gasteiger partial charge < -0.3 is 30.5 Å². The standard InChI is InChI=1S/C50H58FN11O4/c1-33(52)47(36-9-3-2-4-10-36)48-53-43(30-45(54-48)60-22-19-59(20-23-60)25-26-63)37-11-5-7-34(27-37)8-6-12-39-31-61(57-56-39)24-21-58-17-15-35(16-18-58)40-28-38(51)29-41-42(40)32-62(50(41)66)44-13-14-46(64)55-49(44)65/h2-5,7,9-11,27-31,35,44,52,54,63H,6,8,12-26,32H2,1H3,(H,55,64,65)/b48-47+,52-33?. The van der Waals surface area contributed by atoms with E-state index < -0.39 is 17.8 Å². The molecule has 0 saturated carbocycles. The lowest BCUT2D eigenvalue weighted by molar-refractivity contribution is -0.136. The molecule has 66 heavy (non-hydrogen) atoms. The first-order valence-corrected chi connectivity index (χ1v) is 23.3. The minimum Gasteiger partial charge on any atom is -0.395 e. The van der Waals surface area contributed by atoms with Gasteiger partial charge in [-0.1, -0.05) is 53.7 Å². The molecule has 5 aliphatic heterocycles. The summed E-state index contributed by atoms with van der Waals surface area (Å²) >= 11 is 0. The fourth-order valence-electron chi connectivity index (χ4n) is 10.0. The molecule has 3 fully saturated rings. The molecule has 3 amide bonds. The lowest BCUT2D eigenvalue weighted by Crippen LogP contribution is -2.52. The number of nitrogens with zero attached hydrogens (tertiary/aromatic N) is 8. The second-order valence-corrected chi connectivity index (χ2v) is 18.0. The SMILES string of the molecule is CC(=N)/C(=C1/N=C(c2cccc(CCCc3cn(CCN4CCC(c5cc(F)cc6c5CN(C5CCC(=O)NC5=O)C6=O)CC4)nn3)c2)C=C(N2CCN(CCO)CC2)N1)c1ccccc1. The highest BCUT2D eigenvalue weighted by Gasteiger charge is 2.41. The molecule has 0 radical (unpaired) electrons. The van der Waals surface area contributed by atoms with Gasteiger partial charge >= 0.3 is 0 Å². The molecule has 3 aromatic carbocycles. The van der Waals surface area contributed by atoms with Crippen LogP contribution in [0.4, 0.5) is 4.39 Å². The van der Waals surface area contributed by atoms with Crippen molar-refractivity contribution in [3.63, 3.8) is 0 Å². The number of piperidine rings is 2. The zero-order valence-electron chi connectivity index (χ0n) is 37.5. The summed E-state index contributed by atoms with van der Waals surface area (Å²) in [5, 5.41) is 33.1. The van der Waals surface area contributed by atoms with Gasteiger partial charge in [0, 0.05) is 86.9 Å². The van der Waals surface area contributed by atoms with E-state index in [1.54, 1.807) is 13.0 Å². The van der Waals surface area contributed by atoms with Gasteiger partial charge in [-0.3, -0.25) is 29.3 Å². The smallest absolute Gasteiger partial charge is 0.255 e. The predicted molar refractivity (Wildman–Crippen MR) is 249 cm³/mol. The fourth-order valence-corrected chi connectivity index (χ4v) is 10.0. The van der Waals surface area contributed by atoms with Crippen LogP contribution in [0.1, 0.15) is 88.8 Å². The fraction of sp³-hybridized carbons (Fsp3) is 0.420. The Hall–Kier alpha value is -6.36. The first-order chi connectivity index (χ1) is 32.1. The molecule has 4 N–H and O–H groups in total. The number of β-amino-alcohol motifs (C(OH)–C–C–N with tert-alkyl or cyclic N) is 1. The Morgan fingerprint density at radius 1 is 0.879 bits per heavy atom. The number of carbonyl (C=O) groups is 3. The van der Waals surface area contributed by atoms with E-state index in [2.05, 4.69) is 66.0 Å². The number of aliphatic hydroxyl groups excluding tert-OH is 1. The van der Waals surface area contributed by atoms with E-state index in [1.807, 2.05) is 41.2 Å². The summed E-state index contributed by atoms with van der Waals surface area (Å²) in [4.78, 5) is 51.3. The molecule has 0 aliphatic carbocycles. The number of aliphatic hydroxyl groups is 1. The molecule has 4 aromatic rings. The average Bonchev–Trinajstić information content (AvgIpc) is 3.92. The predicted octanol–water partition coefficient (Wildman–Crippen LogP) is 4.49. The van der Waals surface area contributed by atoms with Crippen LogP contribution in [0.15, 0.2) is 95.6 Å². The molecule has 1 aromatic heterocycles. The number of aromatic nitrogens is 3. The van der Waals surface area contributed by atoms with Crippen LogP contribution in [-0.2, 0) is 35.5 Å². The largest absolute Gasteiger partial charge is 0.395 e. The maximum Gasteiger partial charge on any atom is 0.255 e. The third kappa shape index (κ3) is 10.1. The summed E-state index contributed by atoms with van der Waals surface area (Å²) < 4.78 is 16.8. The van der Waals surface area contributed by atoms with Crippen molar-refractivity contribution in [2.75, 3.05) is 59.0 Å². The lowest BCUT2D eigenvalue weighted by Gasteiger charge is -2.38. The molecule has 6 heterocycles. The molecular formula is C50H58FN11O4. The van der Waals surface area contributed by atoms with E-state index in [-0.39, 0.29) is 43.7 Å². The number of aliphatic imine (C=N–C) groups is 1. The Bertz CT molecular complexity index is 2570. The summed E-state index contributed by atoms with van der Waals surface area (Å²) in [6.45, 7) is 9.38. The number of nitrogens with one attached hydrogen (secondary N) is 3. The second kappa shape index (κ2) is 20.0. The van der Waals surface area contributed by atoms with E-state index in [4.69, 9.17) is 10.4 Å². The molecule has 3 saturated heterocycles. The summed E-state index contributed by atoms with van der Waals surface area (Å²) in [6, 6.07) is 20.6. The van der Waals surface area contributed by atoms with E-state index in [0.717, 1.165) is 123 Å². The van der Waals surface area contributed by atoms with Crippen molar-refractivity contribution in [2.24, 2.45) is 4.99 Å². The highest BCUT2D eigenvalue weighted by molar-refractivity contribution is 6.23. The lowest BCUT2D eigenvalue weighted by atomic mass is 9.85. The summed E-state index contributed by atoms with van der Waals surface area (Å²) in [5.74, 6) is 0.114. The number of hydrogen-bond acceptors (Lipinski definition) is 12. The first-order valence-electron chi connectivity index (χ1n) is 23.3. The summed E-state index contributed by atoms with van der Waals surface area (Å²) in [5.41, 5.74) is 8.11. The van der Waals surface area contributed by atoms with Gasteiger partial charge in [0.1, 0.15) is 23.5 Å². The molecule has 0 spiro atoms. The van der Waals surface area contributed by atoms with Crippen molar-refractivity contribution in [1.82, 2.24) is 45.2 Å². The van der Waals surface area contributed by atoms with Gasteiger partial charge in [0.05, 0.1) is 24.6 Å². The maximum absolute atomic E-state index is 14.9. The van der Waals surface area contributed by atoms with Crippen LogP contribution in [-0.4, -0.2) is 134 Å². The van der Waals surface area contributed by atoms with Crippen molar-refractivity contribution in [1.29, 1.82) is 5.41 Å². The number of benzene rings is 3. The Balaban J connectivity index is 0.793.